The summed E-state index contributed by atoms with van der Waals surface area (Å²) in [5.41, 5.74) is -2.72. The molecule has 0 bridgehead atoms. The van der Waals surface area contributed by atoms with Gasteiger partial charge in [0, 0.05) is 81.5 Å². The zero-order valence-electron chi connectivity index (χ0n) is 44.3. The van der Waals surface area contributed by atoms with Crippen molar-refractivity contribution < 1.29 is 78.8 Å². The number of fused-ring (bicyclic) bond motifs is 2. The summed E-state index contributed by atoms with van der Waals surface area (Å²) in [6.45, 7) is 17.5. The van der Waals surface area contributed by atoms with Gasteiger partial charge in [0.25, 0.3) is 11.8 Å². The number of hydrogen-bond acceptors (Lipinski definition) is 15. The molecule has 0 spiro atoms. The molecule has 2 amide bonds. The lowest BCUT2D eigenvalue weighted by Gasteiger charge is -2.48. The summed E-state index contributed by atoms with van der Waals surface area (Å²) in [5, 5.41) is 3.32. The van der Waals surface area contributed by atoms with E-state index in [1.807, 2.05) is 6.92 Å². The molecule has 2 aliphatic carbocycles. The fraction of sp³-hybridized carbons (Fsp3) is 0.685. The summed E-state index contributed by atoms with van der Waals surface area (Å²) < 4.78 is 107. The van der Waals surface area contributed by atoms with Crippen molar-refractivity contribution in [1.29, 1.82) is 0 Å². The van der Waals surface area contributed by atoms with Crippen LogP contribution in [0.25, 0.3) is 0 Å². The first kappa shape index (κ1) is 59.5. The molecule has 5 atom stereocenters. The van der Waals surface area contributed by atoms with Crippen LogP contribution in [0.15, 0.2) is 36.4 Å². The summed E-state index contributed by atoms with van der Waals surface area (Å²) in [6.07, 6.45) is -2.38. The van der Waals surface area contributed by atoms with Crippen molar-refractivity contribution in [3.63, 3.8) is 0 Å². The number of esters is 1. The van der Waals surface area contributed by atoms with Crippen molar-refractivity contribution in [2.24, 2.45) is 11.8 Å². The van der Waals surface area contributed by atoms with Crippen molar-refractivity contribution in [3.8, 4) is 11.5 Å². The Hall–Kier alpha value is -5.16. The monoisotopic (exact) mass is 1090 g/mol. The predicted octanol–water partition coefficient (Wildman–Crippen LogP) is 6.30. The van der Waals surface area contributed by atoms with E-state index in [0.29, 0.717) is 73.2 Å². The van der Waals surface area contributed by atoms with Crippen LogP contribution in [0.1, 0.15) is 108 Å². The number of piperazine rings is 2. The van der Waals surface area contributed by atoms with E-state index in [-0.39, 0.29) is 81.1 Å². The SMILES string of the molecule is CCN1CCN([C@@H]2CC[C@@](C(=O)N3COc4ccc(C(F)(F)F)cc4C3)(C3CC3)OC2)C[C@@H]1C.CCOC(=O)CCN1CCNC[C@@H]1C.O=C1CC[C@@](C(=O)N2COc3ccc(C(F)(F)F)cc3C2)(C2CC2)OC1.O=C=O. The first-order valence-electron chi connectivity index (χ1n) is 26.8. The molecule has 426 valence electrons. The van der Waals surface area contributed by atoms with Crippen LogP contribution < -0.4 is 14.8 Å². The lowest BCUT2D eigenvalue weighted by atomic mass is 9.85. The molecule has 2 aromatic rings. The lowest BCUT2D eigenvalue weighted by Crippen LogP contribution is -2.61. The van der Waals surface area contributed by atoms with Crippen LogP contribution in [0.2, 0.25) is 0 Å². The second-order valence-electron chi connectivity index (χ2n) is 21.1. The standard InChI is InChI=1S/C25H34F3N3O3.C18H18F3NO4.C10H20N2O2.CO2/c1-3-29-10-11-30(13-17(29)2)21-8-9-24(34-15-21,19-4-5-19)23(32)31-14-18-12-20(25(26,27)28)6-7-22(18)33-16-31;19-18(20,21)13-3-4-15-11(7-13)8-22(10-25-15)16(24)17(12-1-2-12)6-5-14(23)9-26-17;1-3-14-10(13)4-6-12-7-5-11-8-9(12)2;2-1-3/h6-7,12,17,19,21H,3-5,8-11,13-16H2,1-2H3;3-4,7,12H,1-2,5-6,8-10H2;9,11H,3-8H2,1-2H3;/t17-,21+,24-;17-;9-;/m000./s1. The number of amides is 2. The van der Waals surface area contributed by atoms with E-state index in [2.05, 4.69) is 40.8 Å². The number of carbonyl (C=O) groups is 4. The molecule has 2 aromatic carbocycles. The number of Topliss-reactive ketones (excluding diaryl/α,β-unsaturated/α-hetero) is 1. The van der Waals surface area contributed by atoms with Crippen LogP contribution in [0, 0.1) is 11.8 Å². The van der Waals surface area contributed by atoms with Gasteiger partial charge < -0.3 is 38.8 Å². The maximum atomic E-state index is 13.7. The summed E-state index contributed by atoms with van der Waals surface area (Å²) in [4.78, 5) is 76.0. The highest BCUT2D eigenvalue weighted by Gasteiger charge is 2.57. The number of hydrogen-bond donors (Lipinski definition) is 1. The van der Waals surface area contributed by atoms with Crippen LogP contribution in [0.3, 0.4) is 0 Å². The molecule has 77 heavy (non-hydrogen) atoms. The van der Waals surface area contributed by atoms with E-state index in [4.69, 9.17) is 33.3 Å². The Kier molecular flexibility index (Phi) is 19.9. The van der Waals surface area contributed by atoms with Crippen LogP contribution in [0.5, 0.6) is 11.5 Å². The molecule has 2 saturated carbocycles. The molecule has 23 heteroatoms. The maximum Gasteiger partial charge on any atom is 0.416 e. The quantitative estimate of drug-likeness (QED) is 0.207. The van der Waals surface area contributed by atoms with E-state index < -0.39 is 34.7 Å². The molecule has 0 unspecified atom stereocenters. The minimum atomic E-state index is -4.45. The van der Waals surface area contributed by atoms with Gasteiger partial charge in [-0.1, -0.05) is 6.92 Å². The van der Waals surface area contributed by atoms with Gasteiger partial charge in [0.2, 0.25) is 0 Å². The van der Waals surface area contributed by atoms with Crippen molar-refractivity contribution in [3.05, 3.63) is 58.7 Å². The second-order valence-corrected chi connectivity index (χ2v) is 21.1. The lowest BCUT2D eigenvalue weighted by molar-refractivity contribution is -0.192. The molecule has 6 aliphatic heterocycles. The highest BCUT2D eigenvalue weighted by Crippen LogP contribution is 2.50. The number of rotatable bonds is 10. The molecule has 8 aliphatic rings. The Labute approximate surface area is 445 Å². The van der Waals surface area contributed by atoms with Gasteiger partial charge in [-0.05, 0) is 120 Å². The number of alkyl halides is 6. The molecule has 1 N–H and O–H groups in total. The molecule has 0 radical (unpaired) electrons. The zero-order valence-corrected chi connectivity index (χ0v) is 44.3. The number of ketones is 1. The number of ether oxygens (including phenoxy) is 5. The van der Waals surface area contributed by atoms with Gasteiger partial charge in [0.1, 0.15) is 23.7 Å². The molecular weight excluding hydrogens is 1020 g/mol. The largest absolute Gasteiger partial charge is 0.473 e. The Morgan fingerprint density at radius 3 is 1.75 bits per heavy atom. The summed E-state index contributed by atoms with van der Waals surface area (Å²) >= 11 is 0. The topological polar surface area (TPSA) is 177 Å². The van der Waals surface area contributed by atoms with Crippen LogP contribution >= 0.6 is 0 Å². The highest BCUT2D eigenvalue weighted by atomic mass is 19.4. The van der Waals surface area contributed by atoms with Gasteiger partial charge in [-0.2, -0.15) is 35.9 Å². The number of carbonyl (C=O) groups excluding carboxylic acids is 6. The Bertz CT molecular complexity index is 2400. The van der Waals surface area contributed by atoms with E-state index in [9.17, 15) is 45.5 Å². The van der Waals surface area contributed by atoms with Gasteiger partial charge in [-0.15, -0.1) is 0 Å². The Balaban J connectivity index is 0.000000177. The van der Waals surface area contributed by atoms with Crippen molar-refractivity contribution in [1.82, 2.24) is 29.8 Å². The third-order valence-corrected chi connectivity index (χ3v) is 15.9. The third-order valence-electron chi connectivity index (χ3n) is 15.9. The van der Waals surface area contributed by atoms with E-state index in [1.165, 1.54) is 21.9 Å². The smallest absolute Gasteiger partial charge is 0.416 e. The number of nitrogens with one attached hydrogen (secondary N) is 1. The minimum absolute atomic E-state index is 0.0316. The second kappa shape index (κ2) is 25.7. The highest BCUT2D eigenvalue weighted by molar-refractivity contribution is 5.90. The van der Waals surface area contributed by atoms with Gasteiger partial charge in [-0.25, -0.2) is 0 Å². The van der Waals surface area contributed by atoms with Crippen molar-refractivity contribution >= 4 is 29.7 Å². The third kappa shape index (κ3) is 14.8. The van der Waals surface area contributed by atoms with Crippen LogP contribution in [-0.4, -0.2) is 169 Å². The van der Waals surface area contributed by atoms with Gasteiger partial charge in [0.15, 0.2) is 24.8 Å². The number of likely N-dealkylation sites (N-methyl/N-ethyl adjacent to an activating group) is 1. The van der Waals surface area contributed by atoms with E-state index >= 15 is 0 Å². The number of halogens is 6. The molecular formula is C54H72F6N6O11. The fourth-order valence-corrected chi connectivity index (χ4v) is 11.3. The Morgan fingerprint density at radius 1 is 0.753 bits per heavy atom. The van der Waals surface area contributed by atoms with Crippen molar-refractivity contribution in [2.75, 3.05) is 85.6 Å². The number of benzene rings is 2. The predicted molar refractivity (Wildman–Crippen MR) is 263 cm³/mol. The Morgan fingerprint density at radius 2 is 1.31 bits per heavy atom. The summed E-state index contributed by atoms with van der Waals surface area (Å²) in [7, 11) is 0. The average molecular weight is 1100 g/mol. The summed E-state index contributed by atoms with van der Waals surface area (Å²) in [5.74, 6) is 0.439. The molecule has 6 heterocycles. The van der Waals surface area contributed by atoms with Gasteiger partial charge in [0.05, 0.1) is 43.9 Å². The van der Waals surface area contributed by atoms with Crippen molar-refractivity contribution in [2.45, 2.75) is 140 Å². The van der Waals surface area contributed by atoms with E-state index in [0.717, 1.165) is 109 Å². The van der Waals surface area contributed by atoms with Crippen LogP contribution in [0.4, 0.5) is 26.3 Å². The van der Waals surface area contributed by atoms with Gasteiger partial charge in [-0.3, -0.25) is 33.9 Å². The molecule has 4 saturated heterocycles. The minimum Gasteiger partial charge on any atom is -0.473 e. The molecule has 6 fully saturated rings. The number of nitrogens with zero attached hydrogens (tertiary/aromatic N) is 5. The molecule has 0 aromatic heterocycles. The average Bonchev–Trinajstić information content (AvgIpc) is 4.37. The first-order chi connectivity index (χ1) is 36.7. The fourth-order valence-electron chi connectivity index (χ4n) is 11.3. The normalized spacial score (nSPS) is 27.0. The van der Waals surface area contributed by atoms with Gasteiger partial charge >= 0.3 is 24.5 Å². The summed E-state index contributed by atoms with van der Waals surface area (Å²) in [6, 6.07) is 8.06. The molecule has 17 nitrogen and oxygen atoms in total. The van der Waals surface area contributed by atoms with E-state index in [1.54, 1.807) is 0 Å². The maximum absolute atomic E-state index is 13.7. The first-order valence-corrected chi connectivity index (χ1v) is 26.8. The molecule has 10 rings (SSSR count). The van der Waals surface area contributed by atoms with Crippen LogP contribution in [-0.2, 0) is 68.4 Å². The zero-order chi connectivity index (χ0) is 55.7.